The fourth-order valence-electron chi connectivity index (χ4n) is 5.68. The minimum Gasteiger partial charge on any atom is -0.370 e. The van der Waals surface area contributed by atoms with Crippen LogP contribution < -0.4 is 26.4 Å². The van der Waals surface area contributed by atoms with Crippen LogP contribution in [0.1, 0.15) is 34.0 Å². The van der Waals surface area contributed by atoms with E-state index in [4.69, 9.17) is 16.6 Å². The van der Waals surface area contributed by atoms with E-state index >= 15 is 0 Å². The first-order valence-corrected chi connectivity index (χ1v) is 15.6. The highest BCUT2D eigenvalue weighted by Gasteiger charge is 2.23. The molecule has 5 heterocycles. The van der Waals surface area contributed by atoms with Crippen LogP contribution in [0, 0.1) is 0 Å². The highest BCUT2D eigenvalue weighted by molar-refractivity contribution is 7.20. The molecule has 2 saturated heterocycles. The molecule has 2 aliphatic heterocycles. The van der Waals surface area contributed by atoms with Crippen LogP contribution in [0.5, 0.6) is 0 Å². The average Bonchev–Trinajstić information content (AvgIpc) is 3.73. The number of rotatable bonds is 7. The van der Waals surface area contributed by atoms with E-state index in [1.165, 1.54) is 16.9 Å². The number of benzene rings is 2. The van der Waals surface area contributed by atoms with E-state index in [1.807, 2.05) is 30.3 Å². The normalized spacial score (nSPS) is 16.1. The van der Waals surface area contributed by atoms with Crippen molar-refractivity contribution in [1.82, 2.24) is 31.1 Å². The molecule has 3 aromatic heterocycles. The molecule has 11 heteroatoms. The monoisotopic (exact) mass is 610 g/mol. The van der Waals surface area contributed by atoms with Crippen molar-refractivity contribution in [3.8, 4) is 11.4 Å². The number of nitrogens with one attached hydrogen (secondary N) is 4. The van der Waals surface area contributed by atoms with Gasteiger partial charge in [-0.3, -0.25) is 20.6 Å². The largest absolute Gasteiger partial charge is 0.370 e. The molecule has 43 heavy (non-hydrogen) atoms. The van der Waals surface area contributed by atoms with Crippen LogP contribution in [0.4, 0.5) is 17.2 Å². The fourth-order valence-corrected chi connectivity index (χ4v) is 6.92. The van der Waals surface area contributed by atoms with Crippen molar-refractivity contribution >= 4 is 56.1 Å². The molecule has 7 rings (SSSR count). The van der Waals surface area contributed by atoms with Crippen LogP contribution in [0.3, 0.4) is 0 Å². The van der Waals surface area contributed by atoms with Gasteiger partial charge < -0.3 is 15.5 Å². The first-order valence-electron chi connectivity index (χ1n) is 14.4. The summed E-state index contributed by atoms with van der Waals surface area (Å²) >= 11 is 7.82. The third-order valence-electron chi connectivity index (χ3n) is 8.06. The molecule has 0 radical (unpaired) electrons. The number of anilines is 3. The number of carbonyl (C=O) groups is 1. The van der Waals surface area contributed by atoms with Gasteiger partial charge in [0.2, 0.25) is 0 Å². The van der Waals surface area contributed by atoms with E-state index in [2.05, 4.69) is 66.7 Å². The van der Waals surface area contributed by atoms with Gasteiger partial charge >= 0.3 is 0 Å². The lowest BCUT2D eigenvalue weighted by Gasteiger charge is -2.34. The molecular formula is C32H31ClN8OS. The number of carbonyl (C=O) groups excluding carboxylic acids is 1. The Kier molecular flexibility index (Phi) is 7.90. The molecule has 0 atom stereocenters. The number of nitrogens with zero attached hydrogens (tertiary/aromatic N) is 4. The Morgan fingerprint density at radius 1 is 0.977 bits per heavy atom. The highest BCUT2D eigenvalue weighted by atomic mass is 35.5. The van der Waals surface area contributed by atoms with Gasteiger partial charge in [-0.15, -0.1) is 11.3 Å². The molecule has 2 fully saturated rings. The topological polar surface area (TPSA) is 107 Å². The summed E-state index contributed by atoms with van der Waals surface area (Å²) in [5, 5.41) is 8.32. The van der Waals surface area contributed by atoms with Crippen molar-refractivity contribution in [2.75, 3.05) is 36.4 Å². The molecule has 2 aliphatic rings. The van der Waals surface area contributed by atoms with Crippen molar-refractivity contribution < 1.29 is 4.79 Å². The number of hydrogen-bond acceptors (Lipinski definition) is 9. The Morgan fingerprint density at radius 2 is 1.79 bits per heavy atom. The van der Waals surface area contributed by atoms with Crippen LogP contribution in [0.2, 0.25) is 5.02 Å². The third-order valence-corrected chi connectivity index (χ3v) is 9.44. The molecule has 9 nitrogen and oxygen atoms in total. The number of amides is 1. The number of aromatic nitrogens is 3. The van der Waals surface area contributed by atoms with E-state index in [9.17, 15) is 4.79 Å². The summed E-state index contributed by atoms with van der Waals surface area (Å²) in [6.45, 7) is 3.54. The van der Waals surface area contributed by atoms with Crippen molar-refractivity contribution in [3.05, 3.63) is 94.7 Å². The van der Waals surface area contributed by atoms with E-state index in [-0.39, 0.29) is 11.9 Å². The van der Waals surface area contributed by atoms with Crippen LogP contribution in [0.25, 0.3) is 21.5 Å². The van der Waals surface area contributed by atoms with Crippen molar-refractivity contribution in [3.63, 3.8) is 0 Å². The fraction of sp³-hybridized carbons (Fsp3) is 0.250. The van der Waals surface area contributed by atoms with Gasteiger partial charge in [-0.05, 0) is 60.2 Å². The minimum atomic E-state index is -0.0305. The predicted molar refractivity (Wildman–Crippen MR) is 173 cm³/mol. The van der Waals surface area contributed by atoms with Crippen molar-refractivity contribution in [2.24, 2.45) is 0 Å². The van der Waals surface area contributed by atoms with E-state index in [0.717, 1.165) is 71.9 Å². The van der Waals surface area contributed by atoms with E-state index in [0.29, 0.717) is 21.6 Å². The lowest BCUT2D eigenvalue weighted by atomic mass is 10.0. The summed E-state index contributed by atoms with van der Waals surface area (Å²) in [4.78, 5) is 29.5. The second kappa shape index (κ2) is 12.3. The van der Waals surface area contributed by atoms with Gasteiger partial charge in [0, 0.05) is 72.7 Å². The van der Waals surface area contributed by atoms with Gasteiger partial charge in [0.1, 0.15) is 5.82 Å². The van der Waals surface area contributed by atoms with Crippen molar-refractivity contribution in [2.45, 2.75) is 24.8 Å². The maximum Gasteiger partial charge on any atom is 0.261 e. The molecule has 2 aromatic carbocycles. The van der Waals surface area contributed by atoms with Crippen LogP contribution in [-0.4, -0.2) is 53.1 Å². The van der Waals surface area contributed by atoms with Gasteiger partial charge in [0.15, 0.2) is 5.82 Å². The SMILES string of the molecule is O=C(NC1CCN(c2ccncc2Cl)CC1)c1cc2ccc(-c3nccc(Nc4ccc(C5CNNC5)cc4)n3)cc2s1. The van der Waals surface area contributed by atoms with Gasteiger partial charge in [-0.1, -0.05) is 35.9 Å². The quantitative estimate of drug-likeness (QED) is 0.185. The number of pyridine rings is 1. The average molecular weight is 611 g/mol. The van der Waals surface area contributed by atoms with Crippen LogP contribution in [0.15, 0.2) is 79.3 Å². The first kappa shape index (κ1) is 27.7. The van der Waals surface area contributed by atoms with E-state index in [1.54, 1.807) is 18.6 Å². The van der Waals surface area contributed by atoms with Crippen LogP contribution >= 0.6 is 22.9 Å². The smallest absolute Gasteiger partial charge is 0.261 e. The summed E-state index contributed by atoms with van der Waals surface area (Å²) in [6.07, 6.45) is 6.92. The maximum absolute atomic E-state index is 13.2. The number of thiophene rings is 1. The second-order valence-corrected chi connectivity index (χ2v) is 12.4. The maximum atomic E-state index is 13.2. The number of hydrogen-bond donors (Lipinski definition) is 4. The molecule has 0 bridgehead atoms. The Hall–Kier alpha value is -4.09. The van der Waals surface area contributed by atoms with Gasteiger partial charge in [0.05, 0.1) is 15.6 Å². The van der Waals surface area contributed by atoms with Gasteiger partial charge in [-0.2, -0.15) is 0 Å². The minimum absolute atomic E-state index is 0.0305. The molecule has 1 amide bonds. The zero-order valence-corrected chi connectivity index (χ0v) is 25.0. The third kappa shape index (κ3) is 6.18. The number of hydrazine groups is 1. The van der Waals surface area contributed by atoms with Crippen molar-refractivity contribution in [1.29, 1.82) is 0 Å². The van der Waals surface area contributed by atoms with Gasteiger partial charge in [0.25, 0.3) is 5.91 Å². The standard InChI is InChI=1S/C32H31ClN8OS/c33-26-19-34-11-7-27(26)41-13-9-25(10-14-41)39-32(42)29-15-21-1-2-22(16-28(21)43-29)31-35-12-8-30(40-31)38-24-5-3-20(4-6-24)23-17-36-37-18-23/h1-8,11-12,15-16,19,23,25,36-37H,9-10,13-14,17-18H2,(H,39,42)(H,35,38,40). The Labute approximate surface area is 258 Å². The molecule has 0 aliphatic carbocycles. The van der Waals surface area contributed by atoms with Crippen LogP contribution in [-0.2, 0) is 0 Å². The Morgan fingerprint density at radius 3 is 2.58 bits per heavy atom. The Balaban J connectivity index is 0.997. The predicted octanol–water partition coefficient (Wildman–Crippen LogP) is 5.74. The number of piperidine rings is 1. The summed E-state index contributed by atoms with van der Waals surface area (Å²) in [7, 11) is 0. The summed E-state index contributed by atoms with van der Waals surface area (Å²) in [5.41, 5.74) is 10.5. The lowest BCUT2D eigenvalue weighted by Crippen LogP contribution is -2.44. The molecule has 218 valence electrons. The molecule has 4 N–H and O–H groups in total. The summed E-state index contributed by atoms with van der Waals surface area (Å²) in [5.74, 6) is 1.81. The number of fused-ring (bicyclic) bond motifs is 1. The molecule has 0 spiro atoms. The molecule has 0 unspecified atom stereocenters. The van der Waals surface area contributed by atoms with E-state index < -0.39 is 0 Å². The Bertz CT molecular complexity index is 1750. The lowest BCUT2D eigenvalue weighted by molar-refractivity contribution is 0.0935. The summed E-state index contributed by atoms with van der Waals surface area (Å²) in [6, 6.07) is 20.5. The van der Waals surface area contributed by atoms with Gasteiger partial charge in [-0.25, -0.2) is 9.97 Å². The summed E-state index contributed by atoms with van der Waals surface area (Å²) < 4.78 is 1.03. The molecular weight excluding hydrogens is 580 g/mol. The zero-order chi connectivity index (χ0) is 29.2. The molecule has 0 saturated carbocycles. The second-order valence-electron chi connectivity index (χ2n) is 10.9. The molecule has 5 aromatic rings. The first-order chi connectivity index (χ1) is 21.1. The number of halogens is 1. The highest BCUT2D eigenvalue weighted by Crippen LogP contribution is 2.31. The zero-order valence-electron chi connectivity index (χ0n) is 23.4.